The largest absolute Gasteiger partial charge is 0.384 e. The number of hydrogen-bond donors (Lipinski definition) is 3. The van der Waals surface area contributed by atoms with Crippen molar-refractivity contribution < 1.29 is 4.74 Å². The Hall–Kier alpha value is -1.89. The average molecular weight is 210 g/mol. The summed E-state index contributed by atoms with van der Waals surface area (Å²) in [7, 11) is 1.58. The first-order chi connectivity index (χ1) is 7.20. The van der Waals surface area contributed by atoms with Crippen LogP contribution in [0.5, 0.6) is 0 Å². The minimum atomic E-state index is -0.558. The van der Waals surface area contributed by atoms with E-state index in [1.807, 2.05) is 0 Å². The molecule has 0 spiro atoms. The fourth-order valence-electron chi connectivity index (χ4n) is 1.30. The van der Waals surface area contributed by atoms with Crippen LogP contribution in [0.2, 0.25) is 0 Å². The highest BCUT2D eigenvalue weighted by atomic mass is 16.5. The molecule has 0 aliphatic rings. The van der Waals surface area contributed by atoms with Crippen LogP contribution >= 0.6 is 0 Å². The van der Waals surface area contributed by atoms with E-state index in [1.165, 1.54) is 0 Å². The number of hydrogen-bond acceptors (Lipinski definition) is 4. The van der Waals surface area contributed by atoms with Gasteiger partial charge in [-0.25, -0.2) is 9.78 Å². The highest BCUT2D eigenvalue weighted by Crippen LogP contribution is 2.01. The predicted molar refractivity (Wildman–Crippen MR) is 52.9 cm³/mol. The smallest absolute Gasteiger partial charge is 0.327 e. The van der Waals surface area contributed by atoms with Crippen LogP contribution in [0.4, 0.5) is 0 Å². The Morgan fingerprint density at radius 2 is 2.07 bits per heavy atom. The van der Waals surface area contributed by atoms with Crippen molar-refractivity contribution in [2.45, 2.75) is 6.42 Å². The fourth-order valence-corrected chi connectivity index (χ4v) is 1.30. The van der Waals surface area contributed by atoms with Crippen molar-refractivity contribution in [3.63, 3.8) is 0 Å². The van der Waals surface area contributed by atoms with Crippen LogP contribution in [0.1, 0.15) is 5.82 Å². The first kappa shape index (κ1) is 9.66. The van der Waals surface area contributed by atoms with Crippen LogP contribution < -0.4 is 11.2 Å². The van der Waals surface area contributed by atoms with E-state index in [9.17, 15) is 9.59 Å². The summed E-state index contributed by atoms with van der Waals surface area (Å²) in [5.74, 6) is 0.610. The molecule has 7 heteroatoms. The van der Waals surface area contributed by atoms with E-state index in [0.717, 1.165) is 0 Å². The zero-order valence-corrected chi connectivity index (χ0v) is 8.09. The molecule has 3 N–H and O–H groups in total. The van der Waals surface area contributed by atoms with Gasteiger partial charge in [-0.05, 0) is 0 Å². The third kappa shape index (κ3) is 1.82. The lowest BCUT2D eigenvalue weighted by atomic mass is 10.4. The van der Waals surface area contributed by atoms with Crippen molar-refractivity contribution in [1.82, 2.24) is 19.9 Å². The summed E-state index contributed by atoms with van der Waals surface area (Å²) < 4.78 is 4.88. The lowest BCUT2D eigenvalue weighted by Crippen LogP contribution is -2.21. The van der Waals surface area contributed by atoms with Crippen molar-refractivity contribution >= 4 is 11.2 Å². The zero-order valence-electron chi connectivity index (χ0n) is 8.09. The maximum Gasteiger partial charge on any atom is 0.327 e. The van der Waals surface area contributed by atoms with E-state index < -0.39 is 11.2 Å². The van der Waals surface area contributed by atoms with E-state index in [-0.39, 0.29) is 11.2 Å². The van der Waals surface area contributed by atoms with Gasteiger partial charge in [-0.15, -0.1) is 0 Å². The third-order valence-electron chi connectivity index (χ3n) is 1.98. The number of rotatable bonds is 3. The molecule has 0 unspecified atom stereocenters. The van der Waals surface area contributed by atoms with Crippen molar-refractivity contribution in [2.24, 2.45) is 0 Å². The summed E-state index contributed by atoms with van der Waals surface area (Å²) in [4.78, 5) is 33.7. The molecule has 2 heterocycles. The Morgan fingerprint density at radius 1 is 1.27 bits per heavy atom. The van der Waals surface area contributed by atoms with Gasteiger partial charge in [0.2, 0.25) is 0 Å². The molecule has 0 aliphatic heterocycles. The highest BCUT2D eigenvalue weighted by molar-refractivity contribution is 5.68. The van der Waals surface area contributed by atoms with Crippen molar-refractivity contribution in [2.75, 3.05) is 13.7 Å². The molecule has 0 radical (unpaired) electrons. The summed E-state index contributed by atoms with van der Waals surface area (Å²) in [5, 5.41) is 0. The second kappa shape index (κ2) is 3.70. The summed E-state index contributed by atoms with van der Waals surface area (Å²) >= 11 is 0. The molecule has 7 nitrogen and oxygen atoms in total. The van der Waals surface area contributed by atoms with E-state index in [1.54, 1.807) is 7.11 Å². The van der Waals surface area contributed by atoms with Gasteiger partial charge in [0, 0.05) is 13.5 Å². The maximum atomic E-state index is 11.3. The van der Waals surface area contributed by atoms with E-state index in [0.29, 0.717) is 18.9 Å². The standard InChI is InChI=1S/C8H10N4O3/c1-15-3-2-4-9-5-6(10-4)11-8(14)12-7(5)13/h2-3H2,1H3,(H3,9,10,11,12,13,14). The van der Waals surface area contributed by atoms with Gasteiger partial charge in [0.15, 0.2) is 5.65 Å². The molecular weight excluding hydrogens is 200 g/mol. The predicted octanol–water partition coefficient (Wildman–Crippen LogP) is -0.872. The minimum Gasteiger partial charge on any atom is -0.384 e. The van der Waals surface area contributed by atoms with Crippen LogP contribution in [0.25, 0.3) is 11.2 Å². The van der Waals surface area contributed by atoms with Crippen molar-refractivity contribution in [3.05, 3.63) is 26.7 Å². The average Bonchev–Trinajstić information content (AvgIpc) is 2.57. The quantitative estimate of drug-likeness (QED) is 0.612. The molecule has 0 aliphatic carbocycles. The number of nitrogens with one attached hydrogen (secondary N) is 3. The SMILES string of the molecule is COCCc1nc2[nH]c(=O)[nH]c(=O)c2[nH]1. The molecule has 2 aromatic heterocycles. The minimum absolute atomic E-state index is 0.273. The highest BCUT2D eigenvalue weighted by Gasteiger charge is 2.06. The number of aromatic amines is 3. The Kier molecular flexibility index (Phi) is 2.38. The Morgan fingerprint density at radius 3 is 2.80 bits per heavy atom. The molecule has 0 fully saturated rings. The van der Waals surface area contributed by atoms with Crippen molar-refractivity contribution in [3.8, 4) is 0 Å². The van der Waals surface area contributed by atoms with Gasteiger partial charge in [0.05, 0.1) is 6.61 Å². The lowest BCUT2D eigenvalue weighted by Gasteiger charge is -1.92. The second-order valence-corrected chi connectivity index (χ2v) is 3.06. The third-order valence-corrected chi connectivity index (χ3v) is 1.98. The van der Waals surface area contributed by atoms with Crippen molar-refractivity contribution in [1.29, 1.82) is 0 Å². The Bertz CT molecular complexity index is 579. The maximum absolute atomic E-state index is 11.3. The molecule has 0 bridgehead atoms. The molecule has 0 saturated carbocycles. The van der Waals surface area contributed by atoms with Gasteiger partial charge < -0.3 is 9.72 Å². The number of H-pyrrole nitrogens is 3. The molecule has 0 aromatic carbocycles. The first-order valence-corrected chi connectivity index (χ1v) is 4.41. The molecule has 0 amide bonds. The zero-order chi connectivity index (χ0) is 10.8. The van der Waals surface area contributed by atoms with Gasteiger partial charge in [-0.1, -0.05) is 0 Å². The molecule has 15 heavy (non-hydrogen) atoms. The topological polar surface area (TPSA) is 104 Å². The van der Waals surface area contributed by atoms with Crippen LogP contribution in [-0.2, 0) is 11.2 Å². The number of nitrogens with zero attached hydrogens (tertiary/aromatic N) is 1. The summed E-state index contributed by atoms with van der Waals surface area (Å²) in [6.45, 7) is 0.502. The number of aromatic nitrogens is 4. The number of methoxy groups -OCH3 is 1. The molecular formula is C8H10N4O3. The Balaban J connectivity index is 2.51. The first-order valence-electron chi connectivity index (χ1n) is 4.41. The molecule has 2 aromatic rings. The molecule has 0 atom stereocenters. The molecule has 2 rings (SSSR count). The summed E-state index contributed by atoms with van der Waals surface area (Å²) in [6, 6.07) is 0. The summed E-state index contributed by atoms with van der Waals surface area (Å²) in [6.07, 6.45) is 0.562. The van der Waals surface area contributed by atoms with Gasteiger partial charge in [-0.2, -0.15) is 0 Å². The van der Waals surface area contributed by atoms with Crippen LogP contribution in [0.3, 0.4) is 0 Å². The number of ether oxygens (including phenoxy) is 1. The van der Waals surface area contributed by atoms with E-state index in [4.69, 9.17) is 4.74 Å². The van der Waals surface area contributed by atoms with Crippen LogP contribution in [0.15, 0.2) is 9.59 Å². The normalized spacial score (nSPS) is 11.0. The van der Waals surface area contributed by atoms with Gasteiger partial charge in [-0.3, -0.25) is 14.8 Å². The van der Waals surface area contributed by atoms with E-state index >= 15 is 0 Å². The number of imidazole rings is 1. The van der Waals surface area contributed by atoms with Crippen LogP contribution in [0, 0.1) is 0 Å². The number of fused-ring (bicyclic) bond motifs is 1. The van der Waals surface area contributed by atoms with Gasteiger partial charge >= 0.3 is 5.69 Å². The molecule has 80 valence electrons. The fraction of sp³-hybridized carbons (Fsp3) is 0.375. The summed E-state index contributed by atoms with van der Waals surface area (Å²) in [5.41, 5.74) is -0.474. The lowest BCUT2D eigenvalue weighted by molar-refractivity contribution is 0.201. The van der Waals surface area contributed by atoms with Gasteiger partial charge in [0.1, 0.15) is 11.3 Å². The second-order valence-electron chi connectivity index (χ2n) is 3.06. The van der Waals surface area contributed by atoms with Crippen LogP contribution in [-0.4, -0.2) is 33.7 Å². The Labute approximate surface area is 83.5 Å². The van der Waals surface area contributed by atoms with Gasteiger partial charge in [0.25, 0.3) is 5.56 Å². The van der Waals surface area contributed by atoms with E-state index in [2.05, 4.69) is 19.9 Å². The monoisotopic (exact) mass is 210 g/mol. The molecule has 0 saturated heterocycles.